The molecule has 4 aromatic rings. The summed E-state index contributed by atoms with van der Waals surface area (Å²) in [5.41, 5.74) is 2.34. The number of aryl methyl sites for hydroxylation is 1. The second kappa shape index (κ2) is 12.2. The maximum absolute atomic E-state index is 14.5. The lowest BCUT2D eigenvalue weighted by Crippen LogP contribution is -2.34. The van der Waals surface area contributed by atoms with Crippen LogP contribution in [0.5, 0.6) is 11.6 Å². The number of para-hydroxylation sites is 1. The number of benzene rings is 2. The first-order chi connectivity index (χ1) is 17.5. The number of rotatable bonds is 12. The van der Waals surface area contributed by atoms with Crippen molar-refractivity contribution in [1.29, 1.82) is 0 Å². The molecule has 0 saturated carbocycles. The van der Waals surface area contributed by atoms with Crippen LogP contribution in [0.15, 0.2) is 77.4 Å². The van der Waals surface area contributed by atoms with E-state index in [2.05, 4.69) is 5.92 Å². The van der Waals surface area contributed by atoms with Gasteiger partial charge in [0.2, 0.25) is 5.88 Å². The number of nitrogens with zero attached hydrogens (tertiary/aromatic N) is 3. The molecule has 0 aliphatic heterocycles. The van der Waals surface area contributed by atoms with Crippen LogP contribution in [0.2, 0.25) is 0 Å². The van der Waals surface area contributed by atoms with Crippen LogP contribution in [0.1, 0.15) is 11.3 Å². The van der Waals surface area contributed by atoms with Crippen LogP contribution in [0, 0.1) is 18.2 Å². The van der Waals surface area contributed by atoms with Crippen LogP contribution in [0.25, 0.3) is 11.3 Å². The third kappa shape index (κ3) is 6.40. The zero-order valence-corrected chi connectivity index (χ0v) is 20.0. The summed E-state index contributed by atoms with van der Waals surface area (Å²) >= 11 is 0. The number of furan rings is 1. The lowest BCUT2D eigenvalue weighted by molar-refractivity contribution is 0.0229. The molecule has 0 spiro atoms. The lowest BCUT2D eigenvalue weighted by atomic mass is 10.1. The molecule has 0 bridgehead atoms. The summed E-state index contributed by atoms with van der Waals surface area (Å²) in [4.78, 5) is 2.00. The number of ether oxygens (including phenoxy) is 2. The summed E-state index contributed by atoms with van der Waals surface area (Å²) in [6, 6.07) is 19.6. The number of terminal acetylenes is 1. The molecular formula is C28H28FN3O4. The minimum Gasteiger partial charge on any atom is -0.468 e. The van der Waals surface area contributed by atoms with Gasteiger partial charge in [-0.2, -0.15) is 5.10 Å². The van der Waals surface area contributed by atoms with Crippen molar-refractivity contribution in [3.8, 4) is 35.2 Å². The highest BCUT2D eigenvalue weighted by Crippen LogP contribution is 2.35. The molecule has 36 heavy (non-hydrogen) atoms. The van der Waals surface area contributed by atoms with E-state index in [-0.39, 0.29) is 25.5 Å². The van der Waals surface area contributed by atoms with Crippen LogP contribution < -0.4 is 4.74 Å². The summed E-state index contributed by atoms with van der Waals surface area (Å²) in [5, 5.41) is 15.3. The Morgan fingerprint density at radius 1 is 1.11 bits per heavy atom. The molecule has 2 aromatic carbocycles. The van der Waals surface area contributed by atoms with Gasteiger partial charge in [0.25, 0.3) is 0 Å². The number of aliphatic hydroxyl groups excluding tert-OH is 1. The molecular weight excluding hydrogens is 461 g/mol. The highest BCUT2D eigenvalue weighted by atomic mass is 19.1. The van der Waals surface area contributed by atoms with E-state index >= 15 is 0 Å². The molecule has 2 heterocycles. The van der Waals surface area contributed by atoms with E-state index in [1.54, 1.807) is 36.2 Å². The van der Waals surface area contributed by atoms with Gasteiger partial charge in [-0.1, -0.05) is 48.4 Å². The van der Waals surface area contributed by atoms with Gasteiger partial charge in [0.1, 0.15) is 18.1 Å². The quantitative estimate of drug-likeness (QED) is 0.231. The van der Waals surface area contributed by atoms with Gasteiger partial charge in [0, 0.05) is 25.7 Å². The fourth-order valence-electron chi connectivity index (χ4n) is 3.92. The van der Waals surface area contributed by atoms with Crippen molar-refractivity contribution in [1.82, 2.24) is 14.7 Å². The van der Waals surface area contributed by atoms with Crippen molar-refractivity contribution in [2.75, 3.05) is 19.8 Å². The average Bonchev–Trinajstić information content (AvgIpc) is 3.49. The normalized spacial score (nSPS) is 12.0. The van der Waals surface area contributed by atoms with Crippen molar-refractivity contribution in [2.45, 2.75) is 19.2 Å². The van der Waals surface area contributed by atoms with Crippen LogP contribution in [0.3, 0.4) is 0 Å². The van der Waals surface area contributed by atoms with Crippen molar-refractivity contribution in [3.63, 3.8) is 0 Å². The van der Waals surface area contributed by atoms with E-state index in [1.807, 2.05) is 47.4 Å². The Labute approximate surface area is 209 Å². The number of aliphatic hydroxyl groups is 1. The first-order valence-corrected chi connectivity index (χ1v) is 11.5. The topological polar surface area (TPSA) is 72.9 Å². The predicted molar refractivity (Wildman–Crippen MR) is 134 cm³/mol. The second-order valence-electron chi connectivity index (χ2n) is 8.28. The van der Waals surface area contributed by atoms with Crippen molar-refractivity contribution < 1.29 is 23.4 Å². The molecule has 4 rings (SSSR count). The molecule has 0 aliphatic rings. The summed E-state index contributed by atoms with van der Waals surface area (Å²) < 4.78 is 33.0. The van der Waals surface area contributed by atoms with Crippen LogP contribution >= 0.6 is 0 Å². The van der Waals surface area contributed by atoms with E-state index in [1.165, 1.54) is 6.07 Å². The van der Waals surface area contributed by atoms with Crippen LogP contribution in [-0.2, 0) is 24.9 Å². The van der Waals surface area contributed by atoms with Crippen LogP contribution in [-0.4, -0.2) is 45.6 Å². The van der Waals surface area contributed by atoms with Gasteiger partial charge in [0.05, 0.1) is 31.1 Å². The monoisotopic (exact) mass is 489 g/mol. The van der Waals surface area contributed by atoms with Gasteiger partial charge in [-0.3, -0.25) is 4.90 Å². The van der Waals surface area contributed by atoms with Gasteiger partial charge in [-0.25, -0.2) is 9.07 Å². The highest BCUT2D eigenvalue weighted by molar-refractivity contribution is 5.65. The zero-order chi connectivity index (χ0) is 25.3. The summed E-state index contributed by atoms with van der Waals surface area (Å²) in [5.74, 6) is 3.16. The molecule has 186 valence electrons. The molecule has 1 N–H and O–H groups in total. The van der Waals surface area contributed by atoms with Crippen molar-refractivity contribution >= 4 is 0 Å². The minimum absolute atomic E-state index is 0.0933. The smallest absolute Gasteiger partial charge is 0.222 e. The van der Waals surface area contributed by atoms with E-state index < -0.39 is 11.9 Å². The Balaban J connectivity index is 1.69. The van der Waals surface area contributed by atoms with Crippen LogP contribution in [0.4, 0.5) is 4.39 Å². The molecule has 1 unspecified atom stereocenters. The SMILES string of the molecule is C#CCOCC(O)CN(Cc1ccco1)Cc1c(-c2ccccc2)nn(C)c1Oc1ccccc1F. The maximum Gasteiger partial charge on any atom is 0.222 e. The van der Waals surface area contributed by atoms with Gasteiger partial charge >= 0.3 is 0 Å². The lowest BCUT2D eigenvalue weighted by Gasteiger charge is -2.24. The maximum atomic E-state index is 14.5. The number of halogens is 1. The Kier molecular flexibility index (Phi) is 8.53. The Morgan fingerprint density at radius 3 is 2.61 bits per heavy atom. The van der Waals surface area contributed by atoms with Gasteiger partial charge in [-0.15, -0.1) is 6.42 Å². The molecule has 7 nitrogen and oxygen atoms in total. The van der Waals surface area contributed by atoms with E-state index in [0.717, 1.165) is 16.9 Å². The van der Waals surface area contributed by atoms with E-state index in [4.69, 9.17) is 25.4 Å². The highest BCUT2D eigenvalue weighted by Gasteiger charge is 2.24. The average molecular weight is 490 g/mol. The summed E-state index contributed by atoms with van der Waals surface area (Å²) in [6.45, 7) is 1.25. The summed E-state index contributed by atoms with van der Waals surface area (Å²) in [6.07, 6.45) is 6.06. The molecule has 0 amide bonds. The largest absolute Gasteiger partial charge is 0.468 e. The molecule has 8 heteroatoms. The Hall–Kier alpha value is -3.90. The van der Waals surface area contributed by atoms with Gasteiger partial charge < -0.3 is 19.0 Å². The zero-order valence-electron chi connectivity index (χ0n) is 20.0. The van der Waals surface area contributed by atoms with E-state index in [0.29, 0.717) is 24.7 Å². The number of aromatic nitrogens is 2. The summed E-state index contributed by atoms with van der Waals surface area (Å²) in [7, 11) is 1.76. The molecule has 1 atom stereocenters. The number of hydrogen-bond donors (Lipinski definition) is 1. The van der Waals surface area contributed by atoms with Gasteiger partial charge in [0.15, 0.2) is 11.6 Å². The third-order valence-electron chi connectivity index (χ3n) is 5.48. The molecule has 0 saturated heterocycles. The first-order valence-electron chi connectivity index (χ1n) is 11.5. The standard InChI is InChI=1S/C28H28FN3O4/c1-3-15-34-20-22(33)17-32(18-23-12-9-16-35-23)19-24-27(21-10-5-4-6-11-21)30-31(2)28(24)36-26-14-8-7-13-25(26)29/h1,4-14,16,22,33H,15,17-20H2,2H3. The Morgan fingerprint density at radius 2 is 1.89 bits per heavy atom. The molecule has 0 fully saturated rings. The van der Waals surface area contributed by atoms with Crippen molar-refractivity contribution in [2.24, 2.45) is 7.05 Å². The molecule has 2 aromatic heterocycles. The fraction of sp³-hybridized carbons (Fsp3) is 0.250. The molecule has 0 radical (unpaired) electrons. The van der Waals surface area contributed by atoms with Crippen molar-refractivity contribution in [3.05, 3.63) is 90.1 Å². The number of hydrogen-bond acceptors (Lipinski definition) is 6. The third-order valence-corrected chi connectivity index (χ3v) is 5.48. The van der Waals surface area contributed by atoms with E-state index in [9.17, 15) is 9.50 Å². The fourth-order valence-corrected chi connectivity index (χ4v) is 3.92. The minimum atomic E-state index is -0.791. The first kappa shape index (κ1) is 25.2. The molecule has 0 aliphatic carbocycles. The Bertz CT molecular complexity index is 1280. The second-order valence-corrected chi connectivity index (χ2v) is 8.28. The predicted octanol–water partition coefficient (Wildman–Crippen LogP) is 4.62. The van der Waals surface area contributed by atoms with Gasteiger partial charge in [-0.05, 0) is 24.3 Å².